The van der Waals surface area contributed by atoms with Crippen molar-refractivity contribution in [2.45, 2.75) is 13.5 Å². The van der Waals surface area contributed by atoms with Crippen LogP contribution in [0.5, 0.6) is 0 Å². The van der Waals surface area contributed by atoms with Gasteiger partial charge in [0.05, 0.1) is 5.39 Å². The molecule has 1 N–H and O–H groups in total. The van der Waals surface area contributed by atoms with Crippen LogP contribution in [0.4, 0.5) is 5.82 Å². The van der Waals surface area contributed by atoms with E-state index in [9.17, 15) is 0 Å². The van der Waals surface area contributed by atoms with Gasteiger partial charge in [-0.3, -0.25) is 4.98 Å². The maximum absolute atomic E-state index is 4.72. The summed E-state index contributed by atoms with van der Waals surface area (Å²) in [6.07, 6.45) is 1.76. The first kappa shape index (κ1) is 14.8. The lowest BCUT2D eigenvalue weighted by Crippen LogP contribution is -2.03. The molecular weight excluding hydrogens is 316 g/mol. The Hall–Kier alpha value is -2.79. The summed E-state index contributed by atoms with van der Waals surface area (Å²) in [5.41, 5.74) is 2.00. The summed E-state index contributed by atoms with van der Waals surface area (Å²) in [5.74, 6) is 1.51. The van der Waals surface area contributed by atoms with E-state index in [1.54, 1.807) is 17.5 Å². The smallest absolute Gasteiger partial charge is 0.181 e. The van der Waals surface area contributed by atoms with Crippen LogP contribution in [0, 0.1) is 6.92 Å². The van der Waals surface area contributed by atoms with Crippen molar-refractivity contribution in [2.24, 2.45) is 0 Å². The van der Waals surface area contributed by atoms with Gasteiger partial charge in [0.1, 0.15) is 16.3 Å². The molecule has 118 valence electrons. The summed E-state index contributed by atoms with van der Waals surface area (Å²) >= 11 is 1.68. The standard InChI is InChI=1S/C19H16N4S/c1-13-11-15-17(21-12-14-7-3-2-4-8-14)22-18(23-19(15)24-13)16-9-5-6-10-20-16/h2-11H,12H2,1H3,(H,21,22,23). The molecule has 0 saturated heterocycles. The van der Waals surface area contributed by atoms with E-state index in [-0.39, 0.29) is 0 Å². The van der Waals surface area contributed by atoms with Gasteiger partial charge in [0.2, 0.25) is 0 Å². The van der Waals surface area contributed by atoms with Crippen LogP contribution in [0.25, 0.3) is 21.7 Å². The fraction of sp³-hybridized carbons (Fsp3) is 0.105. The van der Waals surface area contributed by atoms with Crippen molar-refractivity contribution in [3.63, 3.8) is 0 Å². The molecule has 0 unspecified atom stereocenters. The Balaban J connectivity index is 1.75. The number of thiophene rings is 1. The first-order valence-corrected chi connectivity index (χ1v) is 8.58. The summed E-state index contributed by atoms with van der Waals surface area (Å²) < 4.78 is 0. The molecule has 4 aromatic rings. The highest BCUT2D eigenvalue weighted by Crippen LogP contribution is 2.30. The second kappa shape index (κ2) is 6.37. The number of aromatic nitrogens is 3. The molecule has 3 heterocycles. The van der Waals surface area contributed by atoms with Gasteiger partial charge >= 0.3 is 0 Å². The minimum Gasteiger partial charge on any atom is -0.365 e. The van der Waals surface area contributed by atoms with E-state index >= 15 is 0 Å². The van der Waals surface area contributed by atoms with Gasteiger partial charge in [-0.15, -0.1) is 11.3 Å². The molecule has 0 atom stereocenters. The summed E-state index contributed by atoms with van der Waals surface area (Å²) in [4.78, 5) is 16.0. The number of hydrogen-bond acceptors (Lipinski definition) is 5. The Morgan fingerprint density at radius 2 is 1.83 bits per heavy atom. The van der Waals surface area contributed by atoms with Crippen molar-refractivity contribution >= 4 is 27.4 Å². The van der Waals surface area contributed by atoms with E-state index in [4.69, 9.17) is 4.98 Å². The van der Waals surface area contributed by atoms with E-state index in [0.29, 0.717) is 5.82 Å². The molecule has 0 saturated carbocycles. The Kier molecular flexibility index (Phi) is 3.92. The van der Waals surface area contributed by atoms with Crippen LogP contribution in [0.1, 0.15) is 10.4 Å². The molecule has 0 aliphatic heterocycles. The van der Waals surface area contributed by atoms with Crippen molar-refractivity contribution in [1.82, 2.24) is 15.0 Å². The van der Waals surface area contributed by atoms with Crippen LogP contribution < -0.4 is 5.32 Å². The van der Waals surface area contributed by atoms with Crippen molar-refractivity contribution in [1.29, 1.82) is 0 Å². The van der Waals surface area contributed by atoms with Gasteiger partial charge in [-0.1, -0.05) is 36.4 Å². The van der Waals surface area contributed by atoms with Crippen LogP contribution >= 0.6 is 11.3 Å². The molecule has 0 spiro atoms. The van der Waals surface area contributed by atoms with Gasteiger partial charge in [0.15, 0.2) is 5.82 Å². The monoisotopic (exact) mass is 332 g/mol. The van der Waals surface area contributed by atoms with Gasteiger partial charge < -0.3 is 5.32 Å². The number of rotatable bonds is 4. The molecule has 5 heteroatoms. The minimum atomic E-state index is 0.653. The summed E-state index contributed by atoms with van der Waals surface area (Å²) in [6, 6.07) is 18.2. The number of pyridine rings is 1. The average molecular weight is 332 g/mol. The van der Waals surface area contributed by atoms with E-state index in [0.717, 1.165) is 28.3 Å². The molecule has 4 rings (SSSR count). The van der Waals surface area contributed by atoms with Crippen molar-refractivity contribution < 1.29 is 0 Å². The molecule has 3 aromatic heterocycles. The molecule has 0 radical (unpaired) electrons. The highest BCUT2D eigenvalue weighted by molar-refractivity contribution is 7.18. The average Bonchev–Trinajstić information content (AvgIpc) is 3.01. The van der Waals surface area contributed by atoms with Crippen molar-refractivity contribution in [2.75, 3.05) is 5.32 Å². The Labute approximate surface area is 144 Å². The Morgan fingerprint density at radius 1 is 1.00 bits per heavy atom. The SMILES string of the molecule is Cc1cc2c(NCc3ccccc3)nc(-c3ccccn3)nc2s1. The first-order chi connectivity index (χ1) is 11.8. The largest absolute Gasteiger partial charge is 0.365 e. The fourth-order valence-corrected chi connectivity index (χ4v) is 3.45. The maximum Gasteiger partial charge on any atom is 0.181 e. The van der Waals surface area contributed by atoms with Gasteiger partial charge in [-0.25, -0.2) is 9.97 Å². The number of aryl methyl sites for hydroxylation is 1. The molecule has 0 bridgehead atoms. The highest BCUT2D eigenvalue weighted by atomic mass is 32.1. The summed E-state index contributed by atoms with van der Waals surface area (Å²) in [6.45, 7) is 2.82. The number of benzene rings is 1. The van der Waals surface area contributed by atoms with Crippen LogP contribution in [-0.2, 0) is 6.54 Å². The third-order valence-corrected chi connectivity index (χ3v) is 4.66. The van der Waals surface area contributed by atoms with E-state index in [1.807, 2.05) is 36.4 Å². The van der Waals surface area contributed by atoms with Gasteiger partial charge in [0.25, 0.3) is 0 Å². The van der Waals surface area contributed by atoms with Crippen LogP contribution in [0.3, 0.4) is 0 Å². The normalized spacial score (nSPS) is 10.9. The predicted molar refractivity (Wildman–Crippen MR) is 99.2 cm³/mol. The van der Waals surface area contributed by atoms with Crippen LogP contribution in [-0.4, -0.2) is 15.0 Å². The third kappa shape index (κ3) is 2.98. The molecular formula is C19H16N4S. The predicted octanol–water partition coefficient (Wildman–Crippen LogP) is 4.67. The van der Waals surface area contributed by atoms with E-state index < -0.39 is 0 Å². The topological polar surface area (TPSA) is 50.7 Å². The zero-order valence-electron chi connectivity index (χ0n) is 13.2. The molecule has 0 fully saturated rings. The molecule has 24 heavy (non-hydrogen) atoms. The third-order valence-electron chi connectivity index (χ3n) is 3.71. The number of hydrogen-bond donors (Lipinski definition) is 1. The second-order valence-corrected chi connectivity index (χ2v) is 6.76. The fourth-order valence-electron chi connectivity index (χ4n) is 2.57. The van der Waals surface area contributed by atoms with Crippen LogP contribution in [0.15, 0.2) is 60.8 Å². The maximum atomic E-state index is 4.72. The lowest BCUT2D eigenvalue weighted by molar-refractivity contribution is 1.10. The Morgan fingerprint density at radius 3 is 2.62 bits per heavy atom. The molecule has 0 amide bonds. The van der Waals surface area contributed by atoms with Gasteiger partial charge in [0, 0.05) is 17.6 Å². The number of fused-ring (bicyclic) bond motifs is 1. The molecule has 1 aromatic carbocycles. The summed E-state index contributed by atoms with van der Waals surface area (Å²) in [5, 5.41) is 4.52. The zero-order valence-corrected chi connectivity index (χ0v) is 14.0. The zero-order chi connectivity index (χ0) is 16.4. The van der Waals surface area contributed by atoms with Crippen molar-refractivity contribution in [3.8, 4) is 11.5 Å². The second-order valence-electron chi connectivity index (χ2n) is 5.53. The van der Waals surface area contributed by atoms with Crippen molar-refractivity contribution in [3.05, 3.63) is 71.2 Å². The van der Waals surface area contributed by atoms with E-state index in [2.05, 4.69) is 40.4 Å². The van der Waals surface area contributed by atoms with Crippen LogP contribution in [0.2, 0.25) is 0 Å². The highest BCUT2D eigenvalue weighted by Gasteiger charge is 2.12. The van der Waals surface area contributed by atoms with Gasteiger partial charge in [-0.2, -0.15) is 0 Å². The number of anilines is 1. The summed E-state index contributed by atoms with van der Waals surface area (Å²) in [7, 11) is 0. The van der Waals surface area contributed by atoms with Gasteiger partial charge in [-0.05, 0) is 30.7 Å². The lowest BCUT2D eigenvalue weighted by atomic mass is 10.2. The molecule has 0 aliphatic rings. The first-order valence-electron chi connectivity index (χ1n) is 7.77. The quantitative estimate of drug-likeness (QED) is 0.590. The molecule has 0 aliphatic carbocycles. The lowest BCUT2D eigenvalue weighted by Gasteiger charge is -2.09. The minimum absolute atomic E-state index is 0.653. The van der Waals surface area contributed by atoms with E-state index in [1.165, 1.54) is 10.4 Å². The number of nitrogens with one attached hydrogen (secondary N) is 1. The molecule has 4 nitrogen and oxygen atoms in total. The Bertz CT molecular complexity index is 965. The number of nitrogens with zero attached hydrogens (tertiary/aromatic N) is 3.